The zero-order valence-corrected chi connectivity index (χ0v) is 22.6. The van der Waals surface area contributed by atoms with Gasteiger partial charge in [0.05, 0.1) is 28.5 Å². The second kappa shape index (κ2) is 11.2. The third kappa shape index (κ3) is 5.83. The van der Waals surface area contributed by atoms with Gasteiger partial charge in [-0.1, -0.05) is 26.0 Å². The lowest BCUT2D eigenvalue weighted by atomic mass is 9.94. The van der Waals surface area contributed by atoms with Crippen LogP contribution in [0.5, 0.6) is 0 Å². The number of rotatable bonds is 7. The number of nitrogens with zero attached hydrogens (tertiary/aromatic N) is 3. The van der Waals surface area contributed by atoms with E-state index in [-0.39, 0.29) is 47.5 Å². The summed E-state index contributed by atoms with van der Waals surface area (Å²) < 4.78 is 80.7. The van der Waals surface area contributed by atoms with Crippen LogP contribution in [0.25, 0.3) is 0 Å². The van der Waals surface area contributed by atoms with Gasteiger partial charge < -0.3 is 10.2 Å². The van der Waals surface area contributed by atoms with Gasteiger partial charge in [0.25, 0.3) is 5.91 Å². The Morgan fingerprint density at radius 2 is 1.82 bits per heavy atom. The Balaban J connectivity index is 1.52. The number of nitriles is 1. The molecule has 8 nitrogen and oxygen atoms in total. The zero-order valence-electron chi connectivity index (χ0n) is 21.8. The summed E-state index contributed by atoms with van der Waals surface area (Å²) >= 11 is 0. The van der Waals surface area contributed by atoms with Crippen molar-refractivity contribution in [2.75, 3.05) is 19.6 Å². The standard InChI is InChI=1S/C27H28F4N4O4S/c1-16(2)24(21-9-8-19(12-22(21)28)27(29,30)31)33-25(36)23-7-4-10-35(23)26(37)18-5-3-6-20(11-18)40(38,39)34-14-17(13-32)15-34/h3,5-6,8-9,11-12,16-17,23-24H,4,7,10,14-15H2,1-2H3,(H,33,36)/t23-,24?/m1/s1. The van der Waals surface area contributed by atoms with E-state index in [0.29, 0.717) is 18.9 Å². The molecule has 40 heavy (non-hydrogen) atoms. The fraction of sp³-hybridized carbons (Fsp3) is 0.444. The molecule has 0 radical (unpaired) electrons. The third-order valence-corrected chi connectivity index (χ3v) is 9.02. The maximum atomic E-state index is 14.7. The molecular formula is C27H28F4N4O4S. The number of nitrogens with one attached hydrogen (secondary N) is 1. The van der Waals surface area contributed by atoms with Crippen molar-refractivity contribution in [2.24, 2.45) is 11.8 Å². The SMILES string of the molecule is CC(C)C(NC(=O)[C@H]1CCCN1C(=O)c1cccc(S(=O)(=O)N2CC(C#N)C2)c1)c1ccc(C(F)(F)F)cc1F. The van der Waals surface area contributed by atoms with Crippen LogP contribution in [-0.4, -0.2) is 55.1 Å². The fourth-order valence-corrected chi connectivity index (χ4v) is 6.49. The summed E-state index contributed by atoms with van der Waals surface area (Å²) in [5, 5.41) is 11.6. The quantitative estimate of drug-likeness (QED) is 0.496. The lowest BCUT2D eigenvalue weighted by Gasteiger charge is -2.34. The number of sulfonamides is 1. The first-order valence-electron chi connectivity index (χ1n) is 12.7. The van der Waals surface area contributed by atoms with E-state index >= 15 is 0 Å². The molecule has 0 aromatic heterocycles. The van der Waals surface area contributed by atoms with Gasteiger partial charge in [0, 0.05) is 30.8 Å². The topological polar surface area (TPSA) is 111 Å². The van der Waals surface area contributed by atoms with E-state index in [1.165, 1.54) is 29.2 Å². The van der Waals surface area contributed by atoms with Gasteiger partial charge in [-0.05, 0) is 49.1 Å². The number of carbonyl (C=O) groups is 2. The summed E-state index contributed by atoms with van der Waals surface area (Å²) in [6.07, 6.45) is -3.92. The van der Waals surface area contributed by atoms with Crippen molar-refractivity contribution in [1.82, 2.24) is 14.5 Å². The van der Waals surface area contributed by atoms with Crippen LogP contribution in [0.3, 0.4) is 0 Å². The van der Waals surface area contributed by atoms with Crippen LogP contribution in [0.15, 0.2) is 47.4 Å². The predicted octanol–water partition coefficient (Wildman–Crippen LogP) is 4.11. The summed E-state index contributed by atoms with van der Waals surface area (Å²) in [6.45, 7) is 3.74. The van der Waals surface area contributed by atoms with Crippen molar-refractivity contribution in [2.45, 2.75) is 49.8 Å². The minimum Gasteiger partial charge on any atom is -0.347 e. The highest BCUT2D eigenvalue weighted by Crippen LogP contribution is 2.33. The molecule has 2 aliphatic rings. The lowest BCUT2D eigenvalue weighted by molar-refractivity contribution is -0.137. The van der Waals surface area contributed by atoms with Crippen LogP contribution in [0.1, 0.15) is 54.2 Å². The number of carbonyl (C=O) groups excluding carboxylic acids is 2. The van der Waals surface area contributed by atoms with E-state index in [0.717, 1.165) is 16.4 Å². The number of hydrogen-bond donors (Lipinski definition) is 1. The molecule has 13 heteroatoms. The molecule has 2 aromatic rings. The Morgan fingerprint density at radius 3 is 2.42 bits per heavy atom. The lowest BCUT2D eigenvalue weighted by Crippen LogP contribution is -2.49. The molecule has 0 spiro atoms. The monoisotopic (exact) mass is 580 g/mol. The second-order valence-corrected chi connectivity index (χ2v) is 12.2. The first-order chi connectivity index (χ1) is 18.7. The summed E-state index contributed by atoms with van der Waals surface area (Å²) in [7, 11) is -3.90. The first kappa shape index (κ1) is 29.5. The van der Waals surface area contributed by atoms with Gasteiger partial charge >= 0.3 is 6.18 Å². The smallest absolute Gasteiger partial charge is 0.347 e. The van der Waals surface area contributed by atoms with Gasteiger partial charge in [-0.2, -0.15) is 22.7 Å². The van der Waals surface area contributed by atoms with Crippen molar-refractivity contribution >= 4 is 21.8 Å². The summed E-state index contributed by atoms with van der Waals surface area (Å²) in [6, 6.07) is 7.74. The molecule has 0 saturated carbocycles. The van der Waals surface area contributed by atoms with E-state index in [4.69, 9.17) is 5.26 Å². The van der Waals surface area contributed by atoms with Crippen LogP contribution in [0.2, 0.25) is 0 Å². The Hall–Kier alpha value is -3.50. The highest BCUT2D eigenvalue weighted by atomic mass is 32.2. The number of amides is 2. The Kier molecular flexibility index (Phi) is 8.23. The number of hydrogen-bond acceptors (Lipinski definition) is 5. The van der Waals surface area contributed by atoms with Crippen LogP contribution >= 0.6 is 0 Å². The normalized spacial score (nSPS) is 19.2. The molecule has 214 valence electrons. The number of halogens is 4. The number of benzene rings is 2. The van der Waals surface area contributed by atoms with E-state index in [1.807, 2.05) is 6.07 Å². The van der Waals surface area contributed by atoms with E-state index < -0.39 is 51.5 Å². The summed E-state index contributed by atoms with van der Waals surface area (Å²) in [5.74, 6) is -3.01. The molecule has 2 fully saturated rings. The molecule has 2 aliphatic heterocycles. The molecule has 2 amide bonds. The molecule has 2 aromatic carbocycles. The first-order valence-corrected chi connectivity index (χ1v) is 14.2. The fourth-order valence-electron chi connectivity index (χ4n) is 4.91. The number of alkyl halides is 3. The van der Waals surface area contributed by atoms with Gasteiger partial charge in [0.1, 0.15) is 11.9 Å². The van der Waals surface area contributed by atoms with E-state index in [9.17, 15) is 35.6 Å². The van der Waals surface area contributed by atoms with Crippen LogP contribution in [0.4, 0.5) is 17.6 Å². The minimum atomic E-state index is -4.72. The Bertz CT molecular complexity index is 1450. The van der Waals surface area contributed by atoms with Gasteiger partial charge in [0.2, 0.25) is 15.9 Å². The van der Waals surface area contributed by atoms with Crippen LogP contribution < -0.4 is 5.32 Å². The van der Waals surface area contributed by atoms with Crippen LogP contribution in [0, 0.1) is 29.0 Å². The van der Waals surface area contributed by atoms with Crippen molar-refractivity contribution in [1.29, 1.82) is 5.26 Å². The van der Waals surface area contributed by atoms with Gasteiger partial charge in [-0.25, -0.2) is 12.8 Å². The average molecular weight is 581 g/mol. The molecule has 2 atom stereocenters. The van der Waals surface area contributed by atoms with Gasteiger partial charge in [-0.15, -0.1) is 0 Å². The maximum absolute atomic E-state index is 14.7. The largest absolute Gasteiger partial charge is 0.416 e. The van der Waals surface area contributed by atoms with Gasteiger partial charge in [-0.3, -0.25) is 9.59 Å². The molecule has 2 saturated heterocycles. The van der Waals surface area contributed by atoms with E-state index in [1.54, 1.807) is 13.8 Å². The number of likely N-dealkylation sites (tertiary alicyclic amines) is 1. The average Bonchev–Trinajstić information content (AvgIpc) is 3.36. The zero-order chi connectivity index (χ0) is 29.4. The van der Waals surface area contributed by atoms with Crippen molar-refractivity contribution in [3.8, 4) is 6.07 Å². The second-order valence-electron chi connectivity index (χ2n) is 10.3. The highest BCUT2D eigenvalue weighted by molar-refractivity contribution is 7.89. The Labute approximate surface area is 229 Å². The molecule has 0 aliphatic carbocycles. The molecular weight excluding hydrogens is 552 g/mol. The molecule has 1 N–H and O–H groups in total. The summed E-state index contributed by atoms with van der Waals surface area (Å²) in [5.41, 5.74) is -1.18. The Morgan fingerprint density at radius 1 is 1.12 bits per heavy atom. The predicted molar refractivity (Wildman–Crippen MR) is 135 cm³/mol. The third-order valence-electron chi connectivity index (χ3n) is 7.19. The van der Waals surface area contributed by atoms with Crippen molar-refractivity contribution < 1.29 is 35.6 Å². The highest BCUT2D eigenvalue weighted by Gasteiger charge is 2.39. The summed E-state index contributed by atoms with van der Waals surface area (Å²) in [4.78, 5) is 27.9. The maximum Gasteiger partial charge on any atom is 0.416 e. The van der Waals surface area contributed by atoms with Crippen molar-refractivity contribution in [3.05, 3.63) is 65.0 Å². The minimum absolute atomic E-state index is 0.0623. The van der Waals surface area contributed by atoms with E-state index in [2.05, 4.69) is 5.32 Å². The molecule has 1 unspecified atom stereocenters. The van der Waals surface area contributed by atoms with Crippen molar-refractivity contribution in [3.63, 3.8) is 0 Å². The molecule has 2 heterocycles. The van der Waals surface area contributed by atoms with Gasteiger partial charge in [0.15, 0.2) is 0 Å². The molecule has 4 rings (SSSR count). The van der Waals surface area contributed by atoms with Crippen LogP contribution in [-0.2, 0) is 21.0 Å². The molecule has 0 bridgehead atoms.